The molecule has 0 bridgehead atoms. The van der Waals surface area contributed by atoms with Gasteiger partial charge >= 0.3 is 6.36 Å². The van der Waals surface area contributed by atoms with E-state index in [0.717, 1.165) is 0 Å². The number of ether oxygens (including phenoxy) is 1. The van der Waals surface area contributed by atoms with E-state index < -0.39 is 35.7 Å². The van der Waals surface area contributed by atoms with Crippen LogP contribution in [0.3, 0.4) is 0 Å². The van der Waals surface area contributed by atoms with Crippen LogP contribution in [0.5, 0.6) is 0 Å². The maximum absolute atomic E-state index is 11.5. The van der Waals surface area contributed by atoms with E-state index in [9.17, 15) is 26.0 Å². The normalized spacial score (nSPS) is 13.1. The highest BCUT2D eigenvalue weighted by atomic mass is 32.2. The first-order valence-corrected chi connectivity index (χ1v) is 4.98. The number of hydrogen-bond acceptors (Lipinski definition) is 4. The van der Waals surface area contributed by atoms with Gasteiger partial charge in [-0.05, 0) is 6.42 Å². The zero-order valence-electron chi connectivity index (χ0n) is 6.88. The van der Waals surface area contributed by atoms with Crippen LogP contribution in [0.25, 0.3) is 0 Å². The summed E-state index contributed by atoms with van der Waals surface area (Å²) in [6.07, 6.45) is -5.04. The van der Waals surface area contributed by atoms with Crippen LogP contribution < -0.4 is 0 Å². The maximum Gasteiger partial charge on any atom is 0.522 e. The molecule has 0 fully saturated rings. The first kappa shape index (κ1) is 13.6. The molecule has 0 atom stereocenters. The summed E-state index contributed by atoms with van der Waals surface area (Å²) in [4.78, 5) is 0. The van der Waals surface area contributed by atoms with E-state index >= 15 is 0 Å². The van der Waals surface area contributed by atoms with E-state index in [1.807, 2.05) is 0 Å². The quantitative estimate of drug-likeness (QED) is 0.397. The van der Waals surface area contributed by atoms with Crippen molar-refractivity contribution in [2.45, 2.75) is 12.8 Å². The zero-order chi connectivity index (χ0) is 11.2. The van der Waals surface area contributed by atoms with Gasteiger partial charge in [-0.3, -0.25) is 8.92 Å². The summed E-state index contributed by atoms with van der Waals surface area (Å²) in [5.41, 5.74) is 0. The molecule has 0 amide bonds. The van der Waals surface area contributed by atoms with Crippen LogP contribution in [0.2, 0.25) is 0 Å². The van der Waals surface area contributed by atoms with Gasteiger partial charge in [-0.1, -0.05) is 0 Å². The first-order valence-electron chi connectivity index (χ1n) is 3.40. The summed E-state index contributed by atoms with van der Waals surface area (Å²) in [7, 11) is -4.24. The van der Waals surface area contributed by atoms with Gasteiger partial charge in [0.2, 0.25) is 6.01 Å². The number of alkyl halides is 4. The van der Waals surface area contributed by atoms with Gasteiger partial charge in [-0.25, -0.2) is 4.39 Å². The molecule has 0 saturated heterocycles. The number of rotatable bonds is 6. The average molecular weight is 240 g/mol. The van der Waals surface area contributed by atoms with Crippen LogP contribution >= 0.6 is 0 Å². The van der Waals surface area contributed by atoms with Crippen LogP contribution in [0.4, 0.5) is 17.6 Å². The van der Waals surface area contributed by atoms with Crippen molar-refractivity contribution >= 4 is 10.1 Å². The standard InChI is InChI=1S/C5H8F4O4S/c6-4-14(10,11)13-3-1-2-12-5(7,8)9/h1-4H2. The van der Waals surface area contributed by atoms with Gasteiger partial charge in [0.05, 0.1) is 13.2 Å². The lowest BCUT2D eigenvalue weighted by Gasteiger charge is -2.06. The molecule has 0 saturated carbocycles. The molecule has 0 aromatic rings. The average Bonchev–Trinajstić information content (AvgIpc) is 2.01. The second-order valence-corrected chi connectivity index (χ2v) is 3.71. The lowest BCUT2D eigenvalue weighted by Crippen LogP contribution is -2.16. The number of hydrogen-bond donors (Lipinski definition) is 0. The molecule has 9 heteroatoms. The third-order valence-electron chi connectivity index (χ3n) is 0.951. The Labute approximate surface area is 77.9 Å². The van der Waals surface area contributed by atoms with E-state index in [1.165, 1.54) is 0 Å². The van der Waals surface area contributed by atoms with Gasteiger partial charge in [-0.2, -0.15) is 8.42 Å². The molecule has 0 radical (unpaired) electrons. The van der Waals surface area contributed by atoms with Crippen molar-refractivity contribution in [3.63, 3.8) is 0 Å². The summed E-state index contributed by atoms with van der Waals surface area (Å²) in [5, 5.41) is 0. The smallest absolute Gasteiger partial charge is 0.292 e. The van der Waals surface area contributed by atoms with E-state index in [0.29, 0.717) is 0 Å². The third-order valence-corrected chi connectivity index (χ3v) is 1.74. The predicted octanol–water partition coefficient (Wildman–Crippen LogP) is 1.19. The minimum absolute atomic E-state index is 0.293. The van der Waals surface area contributed by atoms with Crippen molar-refractivity contribution in [1.29, 1.82) is 0 Å². The minimum Gasteiger partial charge on any atom is -0.292 e. The van der Waals surface area contributed by atoms with Crippen molar-refractivity contribution in [2.24, 2.45) is 0 Å². The molecule has 0 N–H and O–H groups in total. The van der Waals surface area contributed by atoms with Crippen LogP contribution in [0.15, 0.2) is 0 Å². The summed E-state index contributed by atoms with van der Waals surface area (Å²) in [6.45, 7) is -1.27. The summed E-state index contributed by atoms with van der Waals surface area (Å²) >= 11 is 0. The van der Waals surface area contributed by atoms with Crippen molar-refractivity contribution in [3.8, 4) is 0 Å². The van der Waals surface area contributed by atoms with Gasteiger partial charge in [0.15, 0.2) is 0 Å². The van der Waals surface area contributed by atoms with Crippen molar-refractivity contribution < 1.29 is 34.9 Å². The fourth-order valence-electron chi connectivity index (χ4n) is 0.464. The third kappa shape index (κ3) is 8.20. The molecule has 14 heavy (non-hydrogen) atoms. The molecule has 0 aromatic carbocycles. The molecule has 0 aromatic heterocycles. The minimum atomic E-state index is -4.75. The van der Waals surface area contributed by atoms with Crippen LogP contribution in [0.1, 0.15) is 6.42 Å². The van der Waals surface area contributed by atoms with Gasteiger partial charge in [0, 0.05) is 0 Å². The van der Waals surface area contributed by atoms with Gasteiger partial charge < -0.3 is 0 Å². The lowest BCUT2D eigenvalue weighted by molar-refractivity contribution is -0.324. The molecule has 0 aliphatic carbocycles. The Kier molecular flexibility index (Phi) is 5.31. The Morgan fingerprint density at radius 3 is 2.14 bits per heavy atom. The molecular weight excluding hydrogens is 232 g/mol. The van der Waals surface area contributed by atoms with Crippen LogP contribution in [-0.4, -0.2) is 34.0 Å². The van der Waals surface area contributed by atoms with Gasteiger partial charge in [-0.15, -0.1) is 13.2 Å². The number of halogens is 4. The predicted molar refractivity (Wildman–Crippen MR) is 37.5 cm³/mol. The van der Waals surface area contributed by atoms with E-state index in [-0.39, 0.29) is 6.42 Å². The Morgan fingerprint density at radius 1 is 1.14 bits per heavy atom. The molecule has 4 nitrogen and oxygen atoms in total. The molecule has 0 aliphatic heterocycles. The van der Waals surface area contributed by atoms with Crippen molar-refractivity contribution in [2.75, 3.05) is 19.2 Å². The summed E-state index contributed by atoms with van der Waals surface area (Å²) in [6, 6.07) is -1.70. The van der Waals surface area contributed by atoms with Gasteiger partial charge in [0.1, 0.15) is 0 Å². The monoisotopic (exact) mass is 240 g/mol. The summed E-state index contributed by atoms with van der Waals surface area (Å²) < 4.78 is 73.4. The molecular formula is C5H8F4O4S. The molecule has 0 spiro atoms. The highest BCUT2D eigenvalue weighted by Gasteiger charge is 2.28. The fraction of sp³-hybridized carbons (Fsp3) is 1.00. The lowest BCUT2D eigenvalue weighted by atomic mass is 10.5. The Balaban J connectivity index is 3.49. The topological polar surface area (TPSA) is 52.6 Å². The maximum atomic E-state index is 11.5. The van der Waals surface area contributed by atoms with Crippen molar-refractivity contribution in [1.82, 2.24) is 0 Å². The molecule has 0 aliphatic rings. The SMILES string of the molecule is O=S(=O)(CF)OCCCOC(F)(F)F. The van der Waals surface area contributed by atoms with Crippen LogP contribution in [0, 0.1) is 0 Å². The Bertz CT molecular complexity index is 247. The van der Waals surface area contributed by atoms with E-state index in [4.69, 9.17) is 0 Å². The largest absolute Gasteiger partial charge is 0.522 e. The Morgan fingerprint density at radius 2 is 1.71 bits per heavy atom. The molecule has 0 rings (SSSR count). The molecule has 0 heterocycles. The second kappa shape index (κ2) is 5.47. The van der Waals surface area contributed by atoms with E-state index in [2.05, 4.69) is 8.92 Å². The Hall–Kier alpha value is -0.410. The molecule has 0 unspecified atom stereocenters. The first-order chi connectivity index (χ1) is 6.27. The van der Waals surface area contributed by atoms with E-state index in [1.54, 1.807) is 0 Å². The van der Waals surface area contributed by atoms with Crippen LogP contribution in [-0.2, 0) is 19.0 Å². The zero-order valence-corrected chi connectivity index (χ0v) is 7.70. The molecule has 86 valence electrons. The van der Waals surface area contributed by atoms with Gasteiger partial charge in [0.25, 0.3) is 10.1 Å². The summed E-state index contributed by atoms with van der Waals surface area (Å²) in [5.74, 6) is 0. The van der Waals surface area contributed by atoms with Crippen molar-refractivity contribution in [3.05, 3.63) is 0 Å². The highest BCUT2D eigenvalue weighted by molar-refractivity contribution is 7.86. The highest BCUT2D eigenvalue weighted by Crippen LogP contribution is 2.16. The second-order valence-electron chi connectivity index (χ2n) is 2.14. The fourth-order valence-corrected chi connectivity index (χ4v) is 0.899.